The summed E-state index contributed by atoms with van der Waals surface area (Å²) in [5.41, 5.74) is 1.40. The summed E-state index contributed by atoms with van der Waals surface area (Å²) in [6, 6.07) is 6.10. The zero-order valence-corrected chi connectivity index (χ0v) is 19.6. The zero-order chi connectivity index (χ0) is 21.7. The highest BCUT2D eigenvalue weighted by atomic mass is 35.5. The predicted molar refractivity (Wildman–Crippen MR) is 121 cm³/mol. The number of rotatable bonds is 2. The number of thiazole rings is 1. The lowest BCUT2D eigenvalue weighted by Gasteiger charge is -2.45. The molecule has 2 aromatic rings. The summed E-state index contributed by atoms with van der Waals surface area (Å²) in [6.45, 7) is 11.0. The van der Waals surface area contributed by atoms with Crippen molar-refractivity contribution in [2.24, 2.45) is 0 Å². The quantitative estimate of drug-likeness (QED) is 0.614. The first-order valence-electron chi connectivity index (χ1n) is 10.2. The van der Waals surface area contributed by atoms with E-state index in [-0.39, 0.29) is 17.7 Å². The summed E-state index contributed by atoms with van der Waals surface area (Å²) in [6.07, 6.45) is 1.39. The van der Waals surface area contributed by atoms with Crippen LogP contribution in [0.15, 0.2) is 18.2 Å². The van der Waals surface area contributed by atoms with E-state index in [0.717, 1.165) is 34.0 Å². The van der Waals surface area contributed by atoms with E-state index in [1.54, 1.807) is 11.3 Å². The average molecular weight is 450 g/mol. The Balaban J connectivity index is 1.46. The molecule has 0 spiro atoms. The van der Waals surface area contributed by atoms with E-state index >= 15 is 0 Å². The topological polar surface area (TPSA) is 63.7 Å². The molecule has 1 saturated heterocycles. The van der Waals surface area contributed by atoms with Gasteiger partial charge >= 0.3 is 6.09 Å². The van der Waals surface area contributed by atoms with Crippen molar-refractivity contribution in [1.82, 2.24) is 9.88 Å². The highest BCUT2D eigenvalue weighted by Crippen LogP contribution is 2.44. The third-order valence-corrected chi connectivity index (χ3v) is 6.63. The van der Waals surface area contributed by atoms with Crippen LogP contribution in [-0.2, 0) is 11.3 Å². The van der Waals surface area contributed by atoms with Crippen molar-refractivity contribution in [3.05, 3.63) is 28.8 Å². The molecule has 1 atom stereocenters. The normalized spacial score (nSPS) is 20.1. The monoisotopic (exact) mass is 449 g/mol. The maximum atomic E-state index is 12.6. The predicted octanol–water partition coefficient (Wildman–Crippen LogP) is 5.95. The molecule has 0 bridgehead atoms. The largest absolute Gasteiger partial charge is 0.472 e. The molecule has 1 unspecified atom stereocenters. The Hall–Kier alpha value is -1.99. The van der Waals surface area contributed by atoms with E-state index in [4.69, 9.17) is 21.1 Å². The second-order valence-electron chi connectivity index (χ2n) is 9.52. The number of piperidine rings is 1. The van der Waals surface area contributed by atoms with Gasteiger partial charge < -0.3 is 19.7 Å². The van der Waals surface area contributed by atoms with Crippen LogP contribution in [0.4, 0.5) is 9.93 Å². The minimum Gasteiger partial charge on any atom is -0.472 e. The van der Waals surface area contributed by atoms with Gasteiger partial charge in [-0.2, -0.15) is 4.98 Å². The molecule has 3 heterocycles. The molecule has 1 N–H and O–H groups in total. The number of halogens is 1. The standard InChI is InChI=1S/C22H28ClN3O3S/c1-21(2,3)29-20(27)26-9-8-15(11-22(26,4)5)24-19-25-18-17(30-19)16-7-6-14(23)10-13(16)12-28-18/h6-7,10,15H,8-9,11-12H2,1-5H3,(H,24,25). The van der Waals surface area contributed by atoms with Crippen LogP contribution in [0.2, 0.25) is 5.02 Å². The maximum absolute atomic E-state index is 12.6. The van der Waals surface area contributed by atoms with E-state index in [9.17, 15) is 4.79 Å². The zero-order valence-electron chi connectivity index (χ0n) is 18.0. The van der Waals surface area contributed by atoms with Gasteiger partial charge in [0, 0.05) is 28.7 Å². The summed E-state index contributed by atoms with van der Waals surface area (Å²) in [5, 5.41) is 5.12. The van der Waals surface area contributed by atoms with Crippen LogP contribution in [0, 0.1) is 0 Å². The molecule has 2 aliphatic rings. The third kappa shape index (κ3) is 4.37. The highest BCUT2D eigenvalue weighted by molar-refractivity contribution is 7.19. The summed E-state index contributed by atoms with van der Waals surface area (Å²) < 4.78 is 11.4. The van der Waals surface area contributed by atoms with Crippen LogP contribution >= 0.6 is 22.9 Å². The van der Waals surface area contributed by atoms with Gasteiger partial charge in [-0.3, -0.25) is 0 Å². The van der Waals surface area contributed by atoms with Crippen molar-refractivity contribution in [1.29, 1.82) is 0 Å². The van der Waals surface area contributed by atoms with Crippen LogP contribution < -0.4 is 10.1 Å². The number of nitrogens with one attached hydrogen (secondary N) is 1. The van der Waals surface area contributed by atoms with Crippen molar-refractivity contribution in [3.8, 4) is 16.3 Å². The number of nitrogens with zero attached hydrogens (tertiary/aromatic N) is 2. The number of amides is 1. The first-order valence-corrected chi connectivity index (χ1v) is 11.4. The lowest BCUT2D eigenvalue weighted by Crippen LogP contribution is -2.56. The number of hydrogen-bond acceptors (Lipinski definition) is 6. The number of fused-ring (bicyclic) bond motifs is 3. The number of carbonyl (C=O) groups is 1. The smallest absolute Gasteiger partial charge is 0.410 e. The SMILES string of the molecule is CC(C)(C)OC(=O)N1CCC(Nc2nc3c(s2)-c2ccc(Cl)cc2CO3)CC1(C)C. The van der Waals surface area contributed by atoms with Gasteiger partial charge in [0.1, 0.15) is 17.1 Å². The summed E-state index contributed by atoms with van der Waals surface area (Å²) in [7, 11) is 0. The van der Waals surface area contributed by atoms with Crippen LogP contribution in [-0.4, -0.2) is 39.7 Å². The van der Waals surface area contributed by atoms with Gasteiger partial charge in [-0.05, 0) is 65.2 Å². The molecule has 30 heavy (non-hydrogen) atoms. The van der Waals surface area contributed by atoms with Crippen molar-refractivity contribution < 1.29 is 14.3 Å². The molecule has 1 amide bonds. The van der Waals surface area contributed by atoms with Crippen LogP contribution in [0.25, 0.3) is 10.4 Å². The van der Waals surface area contributed by atoms with Crippen LogP contribution in [0.1, 0.15) is 53.0 Å². The Labute approximate surface area is 186 Å². The number of hydrogen-bond donors (Lipinski definition) is 1. The molecule has 162 valence electrons. The van der Waals surface area contributed by atoms with Gasteiger partial charge in [0.25, 0.3) is 0 Å². The minimum atomic E-state index is -0.497. The lowest BCUT2D eigenvalue weighted by molar-refractivity contribution is -0.00787. The van der Waals surface area contributed by atoms with Crippen molar-refractivity contribution >= 4 is 34.2 Å². The molecule has 4 rings (SSSR count). The Kier molecular flexibility index (Phi) is 5.39. The lowest BCUT2D eigenvalue weighted by atomic mass is 9.87. The summed E-state index contributed by atoms with van der Waals surface area (Å²) in [5.74, 6) is 0.669. The van der Waals surface area contributed by atoms with E-state index in [1.807, 2.05) is 43.9 Å². The second-order valence-corrected chi connectivity index (χ2v) is 11.0. The Bertz CT molecular complexity index is 967. The van der Waals surface area contributed by atoms with Crippen LogP contribution in [0.3, 0.4) is 0 Å². The summed E-state index contributed by atoms with van der Waals surface area (Å²) in [4.78, 5) is 20.1. The number of likely N-dealkylation sites (tertiary alicyclic amines) is 1. The molecule has 1 aromatic carbocycles. The fraction of sp³-hybridized carbons (Fsp3) is 0.545. The molecular formula is C22H28ClN3O3S. The number of carbonyl (C=O) groups excluding carboxylic acids is 1. The molecule has 2 aliphatic heterocycles. The fourth-order valence-corrected chi connectivity index (χ4v) is 5.28. The summed E-state index contributed by atoms with van der Waals surface area (Å²) >= 11 is 7.71. The molecule has 1 fully saturated rings. The Morgan fingerprint density at radius 1 is 1.40 bits per heavy atom. The first kappa shape index (κ1) is 21.2. The van der Waals surface area contributed by atoms with Gasteiger partial charge in [-0.15, -0.1) is 0 Å². The van der Waals surface area contributed by atoms with E-state index < -0.39 is 5.60 Å². The average Bonchev–Trinajstić information content (AvgIpc) is 3.01. The maximum Gasteiger partial charge on any atom is 0.410 e. The van der Waals surface area contributed by atoms with Gasteiger partial charge in [0.2, 0.25) is 5.88 Å². The first-order chi connectivity index (χ1) is 14.0. The molecule has 0 radical (unpaired) electrons. The van der Waals surface area contributed by atoms with Gasteiger partial charge in [-0.1, -0.05) is 29.0 Å². The van der Waals surface area contributed by atoms with E-state index in [2.05, 4.69) is 24.1 Å². The molecule has 1 aromatic heterocycles. The van der Waals surface area contributed by atoms with Gasteiger partial charge in [-0.25, -0.2) is 4.79 Å². The number of ether oxygens (including phenoxy) is 2. The van der Waals surface area contributed by atoms with Gasteiger partial charge in [0.15, 0.2) is 5.13 Å². The minimum absolute atomic E-state index is 0.218. The molecule has 0 aliphatic carbocycles. The van der Waals surface area contributed by atoms with Crippen molar-refractivity contribution in [2.75, 3.05) is 11.9 Å². The van der Waals surface area contributed by atoms with E-state index in [0.29, 0.717) is 24.1 Å². The molecule has 8 heteroatoms. The highest BCUT2D eigenvalue weighted by Gasteiger charge is 2.40. The number of anilines is 1. The third-order valence-electron chi connectivity index (χ3n) is 5.39. The molecule has 0 saturated carbocycles. The van der Waals surface area contributed by atoms with Gasteiger partial charge in [0.05, 0.1) is 0 Å². The Morgan fingerprint density at radius 2 is 2.17 bits per heavy atom. The Morgan fingerprint density at radius 3 is 2.87 bits per heavy atom. The number of benzene rings is 1. The van der Waals surface area contributed by atoms with Crippen molar-refractivity contribution in [3.63, 3.8) is 0 Å². The second kappa shape index (κ2) is 7.61. The van der Waals surface area contributed by atoms with Crippen molar-refractivity contribution in [2.45, 2.75) is 71.2 Å². The molecule has 6 nitrogen and oxygen atoms in total. The van der Waals surface area contributed by atoms with E-state index in [1.165, 1.54) is 0 Å². The van der Waals surface area contributed by atoms with Crippen LogP contribution in [0.5, 0.6) is 5.88 Å². The fourth-order valence-electron chi connectivity index (χ4n) is 4.04. The number of aromatic nitrogens is 1. The molecular weight excluding hydrogens is 422 g/mol.